The number of carboxylic acids is 1. The predicted molar refractivity (Wildman–Crippen MR) is 69.6 cm³/mol. The highest BCUT2D eigenvalue weighted by Gasteiger charge is 2.48. The Morgan fingerprint density at radius 2 is 2.05 bits per heavy atom. The zero-order chi connectivity index (χ0) is 13.4. The van der Waals surface area contributed by atoms with E-state index < -0.39 is 17.8 Å². The number of aromatic nitrogens is 1. The Balaban J connectivity index is 1.75. The third-order valence-electron chi connectivity index (χ3n) is 3.30. The number of benzene rings is 1. The molecule has 19 heavy (non-hydrogen) atoms. The van der Waals surface area contributed by atoms with Crippen molar-refractivity contribution in [1.82, 2.24) is 4.98 Å². The summed E-state index contributed by atoms with van der Waals surface area (Å²) in [6.45, 7) is 0. The van der Waals surface area contributed by atoms with Crippen molar-refractivity contribution in [3.63, 3.8) is 0 Å². The first-order valence-corrected chi connectivity index (χ1v) is 6.03. The molecule has 96 valence electrons. The van der Waals surface area contributed by atoms with Crippen LogP contribution in [0.25, 0.3) is 10.9 Å². The minimum Gasteiger partial charge on any atom is -0.481 e. The van der Waals surface area contributed by atoms with Crippen LogP contribution in [0, 0.1) is 11.8 Å². The van der Waals surface area contributed by atoms with Crippen LogP contribution in [0.1, 0.15) is 6.42 Å². The normalized spacial score (nSPS) is 21.1. The Labute approximate surface area is 109 Å². The lowest BCUT2D eigenvalue weighted by Gasteiger charge is -2.05. The minimum absolute atomic E-state index is 0.246. The van der Waals surface area contributed by atoms with Crippen LogP contribution in [-0.2, 0) is 9.59 Å². The lowest BCUT2D eigenvalue weighted by Crippen LogP contribution is -2.16. The van der Waals surface area contributed by atoms with Gasteiger partial charge < -0.3 is 10.4 Å². The summed E-state index contributed by atoms with van der Waals surface area (Å²) < 4.78 is 0. The zero-order valence-electron chi connectivity index (χ0n) is 10.0. The molecule has 2 N–H and O–H groups in total. The summed E-state index contributed by atoms with van der Waals surface area (Å²) in [6.07, 6.45) is 2.00. The number of nitrogens with zero attached hydrogens (tertiary/aromatic N) is 1. The van der Waals surface area contributed by atoms with E-state index in [1.807, 2.05) is 30.3 Å². The van der Waals surface area contributed by atoms with Crippen molar-refractivity contribution in [1.29, 1.82) is 0 Å². The van der Waals surface area contributed by atoms with E-state index in [0.717, 1.165) is 10.9 Å². The molecule has 0 spiro atoms. The number of pyridine rings is 1. The molecule has 1 aromatic carbocycles. The molecule has 0 aliphatic heterocycles. The van der Waals surface area contributed by atoms with E-state index in [-0.39, 0.29) is 5.91 Å². The first-order valence-electron chi connectivity index (χ1n) is 6.03. The molecule has 1 fully saturated rings. The Kier molecular flexibility index (Phi) is 2.67. The largest absolute Gasteiger partial charge is 0.481 e. The van der Waals surface area contributed by atoms with E-state index in [1.54, 1.807) is 6.20 Å². The van der Waals surface area contributed by atoms with Gasteiger partial charge in [-0.1, -0.05) is 18.2 Å². The molecule has 0 saturated heterocycles. The molecular formula is C14H12N2O3. The van der Waals surface area contributed by atoms with E-state index in [1.165, 1.54) is 0 Å². The predicted octanol–water partition coefficient (Wildman–Crippen LogP) is 1.89. The monoisotopic (exact) mass is 256 g/mol. The van der Waals surface area contributed by atoms with Crippen molar-refractivity contribution in [3.05, 3.63) is 36.5 Å². The number of hydrogen-bond donors (Lipinski definition) is 2. The molecule has 3 rings (SSSR count). The van der Waals surface area contributed by atoms with Crippen molar-refractivity contribution in [2.75, 3.05) is 5.32 Å². The van der Waals surface area contributed by atoms with Crippen molar-refractivity contribution < 1.29 is 14.7 Å². The highest BCUT2D eigenvalue weighted by Crippen LogP contribution is 2.39. The van der Waals surface area contributed by atoms with Gasteiger partial charge in [0.25, 0.3) is 0 Å². The average Bonchev–Trinajstić information content (AvgIpc) is 3.19. The lowest BCUT2D eigenvalue weighted by atomic mass is 10.2. The lowest BCUT2D eigenvalue weighted by molar-refractivity contribution is -0.139. The van der Waals surface area contributed by atoms with Gasteiger partial charge in [0.1, 0.15) is 0 Å². The van der Waals surface area contributed by atoms with Crippen LogP contribution >= 0.6 is 0 Å². The smallest absolute Gasteiger partial charge is 0.307 e. The fraction of sp³-hybridized carbons (Fsp3) is 0.214. The first kappa shape index (κ1) is 11.6. The Hall–Kier alpha value is -2.43. The second kappa shape index (κ2) is 4.35. The van der Waals surface area contributed by atoms with E-state index in [4.69, 9.17) is 5.11 Å². The van der Waals surface area contributed by atoms with Gasteiger partial charge in [-0.2, -0.15) is 0 Å². The van der Waals surface area contributed by atoms with E-state index in [9.17, 15) is 9.59 Å². The molecule has 1 aliphatic rings. The Morgan fingerprint density at radius 1 is 1.26 bits per heavy atom. The van der Waals surface area contributed by atoms with Gasteiger partial charge in [-0.3, -0.25) is 14.6 Å². The van der Waals surface area contributed by atoms with Gasteiger partial charge in [0.15, 0.2) is 0 Å². The second-order valence-electron chi connectivity index (χ2n) is 4.69. The number of anilines is 1. The van der Waals surface area contributed by atoms with Crippen LogP contribution in [0.4, 0.5) is 5.69 Å². The van der Waals surface area contributed by atoms with Gasteiger partial charge in [0.2, 0.25) is 5.91 Å². The number of rotatable bonds is 3. The molecule has 2 atom stereocenters. The maximum absolute atomic E-state index is 11.8. The molecule has 0 bridgehead atoms. The zero-order valence-corrected chi connectivity index (χ0v) is 10.0. The van der Waals surface area contributed by atoms with E-state index in [2.05, 4.69) is 10.3 Å². The topological polar surface area (TPSA) is 79.3 Å². The average molecular weight is 256 g/mol. The standard InChI is InChI=1S/C14H12N2O3/c17-13(10-6-11(10)14(18)19)16-9-5-8-3-1-2-4-12(8)15-7-9/h1-5,7,10-11H,6H2,(H,16,17)(H,18,19). The molecule has 1 heterocycles. The molecule has 2 aromatic rings. The number of fused-ring (bicyclic) bond motifs is 1. The van der Waals surface area contributed by atoms with Gasteiger partial charge in [-0.05, 0) is 18.6 Å². The van der Waals surface area contributed by atoms with Crippen LogP contribution in [0.2, 0.25) is 0 Å². The molecule has 1 aliphatic carbocycles. The van der Waals surface area contributed by atoms with Gasteiger partial charge in [0.05, 0.1) is 29.2 Å². The van der Waals surface area contributed by atoms with E-state index in [0.29, 0.717) is 12.1 Å². The van der Waals surface area contributed by atoms with Crippen LogP contribution in [0.15, 0.2) is 36.5 Å². The van der Waals surface area contributed by atoms with Crippen molar-refractivity contribution >= 4 is 28.5 Å². The van der Waals surface area contributed by atoms with Gasteiger partial charge in [-0.15, -0.1) is 0 Å². The van der Waals surface area contributed by atoms with Crippen LogP contribution in [-0.4, -0.2) is 22.0 Å². The Morgan fingerprint density at radius 3 is 2.79 bits per heavy atom. The first-order chi connectivity index (χ1) is 9.15. The highest BCUT2D eigenvalue weighted by molar-refractivity contribution is 5.99. The molecule has 0 radical (unpaired) electrons. The SMILES string of the molecule is O=C(O)C1CC1C(=O)Nc1cnc2ccccc2c1. The van der Waals surface area contributed by atoms with Crippen molar-refractivity contribution in [2.45, 2.75) is 6.42 Å². The second-order valence-corrected chi connectivity index (χ2v) is 4.69. The van der Waals surface area contributed by atoms with Crippen LogP contribution < -0.4 is 5.32 Å². The molecule has 1 amide bonds. The molecule has 5 nitrogen and oxygen atoms in total. The quantitative estimate of drug-likeness (QED) is 0.879. The summed E-state index contributed by atoms with van der Waals surface area (Å²) in [7, 11) is 0. The number of hydrogen-bond acceptors (Lipinski definition) is 3. The molecule has 1 saturated carbocycles. The van der Waals surface area contributed by atoms with Gasteiger partial charge in [0, 0.05) is 5.39 Å². The number of amides is 1. The Bertz CT molecular complexity index is 669. The maximum atomic E-state index is 11.8. The summed E-state index contributed by atoms with van der Waals surface area (Å²) in [6, 6.07) is 9.43. The third kappa shape index (κ3) is 2.27. The summed E-state index contributed by atoms with van der Waals surface area (Å²) in [4.78, 5) is 26.8. The molecule has 5 heteroatoms. The van der Waals surface area contributed by atoms with Crippen molar-refractivity contribution in [2.24, 2.45) is 11.8 Å². The van der Waals surface area contributed by atoms with Gasteiger partial charge in [-0.25, -0.2) is 0 Å². The number of aliphatic carboxylic acids is 1. The number of carbonyl (C=O) groups is 2. The fourth-order valence-electron chi connectivity index (χ4n) is 2.13. The number of carbonyl (C=O) groups excluding carboxylic acids is 1. The molecular weight excluding hydrogens is 244 g/mol. The fourth-order valence-corrected chi connectivity index (χ4v) is 2.13. The van der Waals surface area contributed by atoms with Crippen LogP contribution in [0.3, 0.4) is 0 Å². The summed E-state index contributed by atoms with van der Waals surface area (Å²) in [5.74, 6) is -2.10. The summed E-state index contributed by atoms with van der Waals surface area (Å²) >= 11 is 0. The number of carboxylic acid groups (broad SMARTS) is 1. The number of para-hydroxylation sites is 1. The third-order valence-corrected chi connectivity index (χ3v) is 3.30. The van der Waals surface area contributed by atoms with Crippen LogP contribution in [0.5, 0.6) is 0 Å². The molecule has 1 aromatic heterocycles. The summed E-state index contributed by atoms with van der Waals surface area (Å²) in [5, 5.41) is 12.4. The summed E-state index contributed by atoms with van der Waals surface area (Å²) in [5.41, 5.74) is 1.45. The van der Waals surface area contributed by atoms with Gasteiger partial charge >= 0.3 is 5.97 Å². The highest BCUT2D eigenvalue weighted by atomic mass is 16.4. The minimum atomic E-state index is -0.906. The van der Waals surface area contributed by atoms with E-state index >= 15 is 0 Å². The van der Waals surface area contributed by atoms with Crippen molar-refractivity contribution in [3.8, 4) is 0 Å². The number of nitrogens with one attached hydrogen (secondary N) is 1. The molecule has 2 unspecified atom stereocenters. The maximum Gasteiger partial charge on any atom is 0.307 e.